The Hall–Kier alpha value is -3.00. The van der Waals surface area contributed by atoms with E-state index in [2.05, 4.69) is 10.3 Å². The average molecular weight is 357 g/mol. The molecule has 7 nitrogen and oxygen atoms in total. The molecule has 1 N–H and O–H groups in total. The summed E-state index contributed by atoms with van der Waals surface area (Å²) >= 11 is 1.39. The quantitative estimate of drug-likeness (QED) is 0.727. The fourth-order valence-electron chi connectivity index (χ4n) is 2.40. The Morgan fingerprint density at radius 2 is 1.92 bits per heavy atom. The van der Waals surface area contributed by atoms with Crippen LogP contribution in [0.2, 0.25) is 0 Å². The van der Waals surface area contributed by atoms with Gasteiger partial charge < -0.3 is 10.1 Å². The lowest BCUT2D eigenvalue weighted by Gasteiger charge is -2.09. The van der Waals surface area contributed by atoms with E-state index in [-0.39, 0.29) is 16.8 Å². The van der Waals surface area contributed by atoms with Crippen molar-refractivity contribution in [2.75, 3.05) is 12.4 Å². The molecule has 0 aliphatic heterocycles. The normalized spacial score (nSPS) is 10.7. The van der Waals surface area contributed by atoms with Gasteiger partial charge >= 0.3 is 5.97 Å². The van der Waals surface area contributed by atoms with Crippen LogP contribution in [0.15, 0.2) is 35.3 Å². The number of carbonyl (C=O) groups is 2. The number of thiazole rings is 1. The van der Waals surface area contributed by atoms with Gasteiger partial charge in [0.05, 0.1) is 18.4 Å². The molecule has 0 fully saturated rings. The Morgan fingerprint density at radius 1 is 1.20 bits per heavy atom. The fourth-order valence-corrected chi connectivity index (χ4v) is 3.33. The van der Waals surface area contributed by atoms with Crippen LogP contribution in [0.25, 0.3) is 4.96 Å². The number of para-hydroxylation sites is 1. The molecule has 0 saturated carbocycles. The number of esters is 1. The number of methoxy groups -OCH3 is 1. The Kier molecular flexibility index (Phi) is 4.37. The van der Waals surface area contributed by atoms with Gasteiger partial charge in [0.15, 0.2) is 4.96 Å². The summed E-state index contributed by atoms with van der Waals surface area (Å²) < 4.78 is 6.11. The monoisotopic (exact) mass is 357 g/mol. The maximum absolute atomic E-state index is 12.6. The maximum atomic E-state index is 12.6. The highest BCUT2D eigenvalue weighted by molar-refractivity contribution is 7.17. The van der Waals surface area contributed by atoms with Gasteiger partial charge in [-0.05, 0) is 26.0 Å². The summed E-state index contributed by atoms with van der Waals surface area (Å²) in [4.78, 5) is 42.7. The predicted molar refractivity (Wildman–Crippen MR) is 94.5 cm³/mol. The van der Waals surface area contributed by atoms with Gasteiger partial charge in [0.1, 0.15) is 5.56 Å². The van der Waals surface area contributed by atoms with Gasteiger partial charge in [0, 0.05) is 16.8 Å². The Morgan fingerprint density at radius 3 is 2.64 bits per heavy atom. The number of hydrogen-bond acceptors (Lipinski definition) is 6. The van der Waals surface area contributed by atoms with Crippen molar-refractivity contribution in [1.82, 2.24) is 9.38 Å². The van der Waals surface area contributed by atoms with Crippen molar-refractivity contribution < 1.29 is 14.3 Å². The number of nitrogens with one attached hydrogen (secondary N) is 1. The molecule has 0 saturated heterocycles. The second-order valence-corrected chi connectivity index (χ2v) is 6.51. The summed E-state index contributed by atoms with van der Waals surface area (Å²) in [6.45, 7) is 3.69. The van der Waals surface area contributed by atoms with Crippen LogP contribution >= 0.6 is 11.3 Å². The van der Waals surface area contributed by atoms with Gasteiger partial charge in [-0.1, -0.05) is 12.1 Å². The lowest BCUT2D eigenvalue weighted by Crippen LogP contribution is -2.27. The van der Waals surface area contributed by atoms with E-state index >= 15 is 0 Å². The smallest absolute Gasteiger partial charge is 0.339 e. The second-order valence-electron chi connectivity index (χ2n) is 5.33. The number of ether oxygens (including phenoxy) is 1. The minimum atomic E-state index is -0.633. The molecule has 0 radical (unpaired) electrons. The Balaban J connectivity index is 2.02. The van der Waals surface area contributed by atoms with Gasteiger partial charge in [0.2, 0.25) is 0 Å². The molecular formula is C17H15N3O4S. The number of benzene rings is 1. The zero-order valence-corrected chi connectivity index (χ0v) is 14.6. The minimum absolute atomic E-state index is 0.0990. The van der Waals surface area contributed by atoms with Gasteiger partial charge in [-0.3, -0.25) is 14.0 Å². The van der Waals surface area contributed by atoms with Crippen LogP contribution in [-0.2, 0) is 4.74 Å². The molecule has 0 aliphatic rings. The molecule has 1 amide bonds. The molecule has 0 unspecified atom stereocenters. The van der Waals surface area contributed by atoms with E-state index < -0.39 is 17.4 Å². The summed E-state index contributed by atoms with van der Waals surface area (Å²) in [5.41, 5.74) is 0.678. The third kappa shape index (κ3) is 2.91. The molecule has 0 bridgehead atoms. The average Bonchev–Trinajstić information content (AvgIpc) is 2.90. The summed E-state index contributed by atoms with van der Waals surface area (Å²) in [6, 6.07) is 6.42. The van der Waals surface area contributed by atoms with Crippen molar-refractivity contribution in [1.29, 1.82) is 0 Å². The molecule has 0 spiro atoms. The number of fused-ring (bicyclic) bond motifs is 1. The van der Waals surface area contributed by atoms with Crippen LogP contribution in [0, 0.1) is 13.8 Å². The Bertz CT molecular complexity index is 1050. The molecule has 0 atom stereocenters. The molecule has 3 rings (SSSR count). The van der Waals surface area contributed by atoms with Crippen LogP contribution in [0.4, 0.5) is 5.69 Å². The number of anilines is 1. The highest BCUT2D eigenvalue weighted by atomic mass is 32.1. The van der Waals surface area contributed by atoms with E-state index in [0.717, 1.165) is 10.6 Å². The van der Waals surface area contributed by atoms with E-state index in [0.29, 0.717) is 4.96 Å². The maximum Gasteiger partial charge on any atom is 0.339 e. The first-order valence-electron chi connectivity index (χ1n) is 7.40. The number of aromatic nitrogens is 2. The number of aryl methyl sites for hydroxylation is 2. The summed E-state index contributed by atoms with van der Waals surface area (Å²) in [7, 11) is 1.26. The van der Waals surface area contributed by atoms with Gasteiger partial charge in [-0.15, -0.1) is 11.3 Å². The standard InChI is InChI=1S/C17H15N3O4S/c1-9-10(2)25-17-18-8-12(15(22)20(9)17)14(21)19-13-7-5-4-6-11(13)16(23)24-3/h4-8H,1-3H3,(H,19,21). The zero-order valence-electron chi connectivity index (χ0n) is 13.8. The van der Waals surface area contributed by atoms with Crippen LogP contribution < -0.4 is 10.9 Å². The van der Waals surface area contributed by atoms with Gasteiger partial charge in [-0.25, -0.2) is 9.78 Å². The highest BCUT2D eigenvalue weighted by Crippen LogP contribution is 2.19. The minimum Gasteiger partial charge on any atom is -0.465 e. The molecule has 3 aromatic rings. The lowest BCUT2D eigenvalue weighted by atomic mass is 10.1. The SMILES string of the molecule is COC(=O)c1ccccc1NC(=O)c1cnc2sc(C)c(C)n2c1=O. The van der Waals surface area contributed by atoms with Gasteiger partial charge in [0.25, 0.3) is 11.5 Å². The van der Waals surface area contributed by atoms with E-state index in [1.807, 2.05) is 6.92 Å². The number of nitrogens with zero attached hydrogens (tertiary/aromatic N) is 2. The third-order valence-electron chi connectivity index (χ3n) is 3.84. The van der Waals surface area contributed by atoms with Crippen LogP contribution in [0.5, 0.6) is 0 Å². The van der Waals surface area contributed by atoms with E-state index in [9.17, 15) is 14.4 Å². The lowest BCUT2D eigenvalue weighted by molar-refractivity contribution is 0.0602. The van der Waals surface area contributed by atoms with Crippen molar-refractivity contribution in [2.45, 2.75) is 13.8 Å². The molecule has 25 heavy (non-hydrogen) atoms. The van der Waals surface area contributed by atoms with Crippen molar-refractivity contribution in [3.63, 3.8) is 0 Å². The van der Waals surface area contributed by atoms with Crippen molar-refractivity contribution in [2.24, 2.45) is 0 Å². The number of hydrogen-bond donors (Lipinski definition) is 1. The summed E-state index contributed by atoms with van der Waals surface area (Å²) in [6.07, 6.45) is 1.25. The van der Waals surface area contributed by atoms with Crippen LogP contribution in [0.3, 0.4) is 0 Å². The predicted octanol–water partition coefficient (Wildman–Crippen LogP) is 2.41. The first kappa shape index (κ1) is 16.8. The molecule has 2 heterocycles. The van der Waals surface area contributed by atoms with E-state index in [4.69, 9.17) is 4.74 Å². The van der Waals surface area contributed by atoms with Crippen LogP contribution in [-0.4, -0.2) is 28.4 Å². The molecular weight excluding hydrogens is 342 g/mol. The van der Waals surface area contributed by atoms with Crippen molar-refractivity contribution in [3.05, 3.63) is 62.5 Å². The van der Waals surface area contributed by atoms with Crippen molar-refractivity contribution >= 4 is 33.9 Å². The summed E-state index contributed by atoms with van der Waals surface area (Å²) in [5, 5.41) is 2.58. The van der Waals surface area contributed by atoms with Crippen LogP contribution in [0.1, 0.15) is 31.3 Å². The molecule has 0 aliphatic carbocycles. The molecule has 8 heteroatoms. The first-order chi connectivity index (χ1) is 11.9. The molecule has 2 aromatic heterocycles. The second kappa shape index (κ2) is 6.48. The zero-order chi connectivity index (χ0) is 18.1. The number of rotatable bonds is 3. The number of amides is 1. The van der Waals surface area contributed by atoms with E-state index in [1.165, 1.54) is 35.1 Å². The Labute approximate surface area is 146 Å². The highest BCUT2D eigenvalue weighted by Gasteiger charge is 2.19. The topological polar surface area (TPSA) is 89.8 Å². The summed E-state index contributed by atoms with van der Waals surface area (Å²) in [5.74, 6) is -1.21. The largest absolute Gasteiger partial charge is 0.465 e. The van der Waals surface area contributed by atoms with Crippen molar-refractivity contribution in [3.8, 4) is 0 Å². The van der Waals surface area contributed by atoms with E-state index in [1.54, 1.807) is 25.1 Å². The molecule has 1 aromatic carbocycles. The molecule has 128 valence electrons. The first-order valence-corrected chi connectivity index (χ1v) is 8.22. The third-order valence-corrected chi connectivity index (χ3v) is 4.92. The van der Waals surface area contributed by atoms with Gasteiger partial charge in [-0.2, -0.15) is 0 Å². The number of carbonyl (C=O) groups excluding carboxylic acids is 2. The fraction of sp³-hybridized carbons (Fsp3) is 0.176.